The highest BCUT2D eigenvalue weighted by atomic mass is 16.6. The highest BCUT2D eigenvalue weighted by molar-refractivity contribution is 6.05. The fourth-order valence-electron chi connectivity index (χ4n) is 4.86. The highest BCUT2D eigenvalue weighted by Crippen LogP contribution is 2.35. The van der Waals surface area contributed by atoms with Crippen molar-refractivity contribution in [3.05, 3.63) is 106 Å². The number of nitro groups is 1. The molecule has 4 aromatic rings. The number of hydrogen-bond acceptors (Lipinski definition) is 9. The van der Waals surface area contributed by atoms with E-state index in [4.69, 9.17) is 13.9 Å². The van der Waals surface area contributed by atoms with Crippen molar-refractivity contribution < 1.29 is 33.2 Å². The zero-order valence-electron chi connectivity index (χ0n) is 23.4. The average molecular weight is 585 g/mol. The molecule has 1 fully saturated rings. The summed E-state index contributed by atoms with van der Waals surface area (Å²) >= 11 is 0. The van der Waals surface area contributed by atoms with Gasteiger partial charge in [-0.15, -0.1) is 0 Å². The van der Waals surface area contributed by atoms with E-state index in [1.807, 2.05) is 23.1 Å². The molecule has 0 saturated carbocycles. The van der Waals surface area contributed by atoms with E-state index in [9.17, 15) is 24.5 Å². The Labute approximate surface area is 246 Å². The van der Waals surface area contributed by atoms with Crippen LogP contribution in [0.1, 0.15) is 31.3 Å². The number of ether oxygens (including phenoxy) is 2. The van der Waals surface area contributed by atoms with Gasteiger partial charge in [0.1, 0.15) is 11.5 Å². The average Bonchev–Trinajstić information content (AvgIpc) is 3.55. The van der Waals surface area contributed by atoms with Gasteiger partial charge in [-0.05, 0) is 54.6 Å². The van der Waals surface area contributed by atoms with Gasteiger partial charge in [0.25, 0.3) is 17.5 Å². The second kappa shape index (κ2) is 12.5. The number of piperazine rings is 1. The van der Waals surface area contributed by atoms with Crippen molar-refractivity contribution in [2.75, 3.05) is 50.6 Å². The minimum absolute atomic E-state index is 0.0551. The molecule has 0 spiro atoms. The molecule has 0 unspecified atom stereocenters. The minimum atomic E-state index is -0.622. The Hall–Kier alpha value is -5.65. The number of nitrogens with zero attached hydrogens (tertiary/aromatic N) is 3. The summed E-state index contributed by atoms with van der Waals surface area (Å²) in [5.41, 5.74) is 1.77. The smallest absolute Gasteiger partial charge is 0.337 e. The zero-order valence-corrected chi connectivity index (χ0v) is 23.4. The number of benzene rings is 3. The minimum Gasteiger partial charge on any atom is -0.497 e. The van der Waals surface area contributed by atoms with Crippen molar-refractivity contribution in [3.8, 4) is 17.1 Å². The predicted molar refractivity (Wildman–Crippen MR) is 158 cm³/mol. The Balaban J connectivity index is 1.37. The molecular weight excluding hydrogens is 556 g/mol. The number of nitrogens with one attached hydrogen (secondary N) is 1. The third-order valence-electron chi connectivity index (χ3n) is 7.09. The van der Waals surface area contributed by atoms with Crippen LogP contribution >= 0.6 is 0 Å². The molecule has 2 amide bonds. The molecule has 0 aliphatic carbocycles. The van der Waals surface area contributed by atoms with Crippen molar-refractivity contribution in [3.63, 3.8) is 0 Å². The van der Waals surface area contributed by atoms with Gasteiger partial charge >= 0.3 is 5.97 Å². The first-order valence-corrected chi connectivity index (χ1v) is 13.3. The summed E-state index contributed by atoms with van der Waals surface area (Å²) in [5, 5.41) is 14.4. The normalized spacial score (nSPS) is 12.9. The number of esters is 1. The van der Waals surface area contributed by atoms with Gasteiger partial charge in [-0.1, -0.05) is 18.2 Å². The van der Waals surface area contributed by atoms with Gasteiger partial charge in [0.15, 0.2) is 5.76 Å². The lowest BCUT2D eigenvalue weighted by atomic mass is 10.1. The first kappa shape index (κ1) is 28.9. The number of carbonyl (C=O) groups is 3. The van der Waals surface area contributed by atoms with E-state index in [-0.39, 0.29) is 34.2 Å². The summed E-state index contributed by atoms with van der Waals surface area (Å²) in [4.78, 5) is 53.4. The Morgan fingerprint density at radius 2 is 1.63 bits per heavy atom. The van der Waals surface area contributed by atoms with Crippen LogP contribution in [0.3, 0.4) is 0 Å². The van der Waals surface area contributed by atoms with Crippen molar-refractivity contribution in [1.82, 2.24) is 4.90 Å². The Kier molecular flexibility index (Phi) is 8.37. The van der Waals surface area contributed by atoms with Gasteiger partial charge in [-0.2, -0.15) is 0 Å². The molecule has 5 rings (SSSR count). The number of rotatable bonds is 8. The fraction of sp³-hybridized carbons (Fsp3) is 0.194. The van der Waals surface area contributed by atoms with Crippen molar-refractivity contribution >= 4 is 34.8 Å². The van der Waals surface area contributed by atoms with E-state index in [1.54, 1.807) is 35.2 Å². The van der Waals surface area contributed by atoms with Crippen LogP contribution in [0.25, 0.3) is 11.3 Å². The quantitative estimate of drug-likeness (QED) is 0.174. The number of amides is 2. The van der Waals surface area contributed by atoms with Crippen LogP contribution in [0.2, 0.25) is 0 Å². The molecule has 1 aliphatic heterocycles. The number of furan rings is 1. The van der Waals surface area contributed by atoms with E-state index in [2.05, 4.69) is 5.32 Å². The van der Waals surface area contributed by atoms with E-state index in [0.29, 0.717) is 48.9 Å². The maximum atomic E-state index is 13.3. The van der Waals surface area contributed by atoms with Crippen LogP contribution in [-0.4, -0.2) is 68.0 Å². The third kappa shape index (κ3) is 6.17. The highest BCUT2D eigenvalue weighted by Gasteiger charge is 2.26. The molecule has 43 heavy (non-hydrogen) atoms. The van der Waals surface area contributed by atoms with Crippen LogP contribution in [0, 0.1) is 10.1 Å². The van der Waals surface area contributed by atoms with Gasteiger partial charge in [-0.3, -0.25) is 19.7 Å². The maximum absolute atomic E-state index is 13.3. The van der Waals surface area contributed by atoms with E-state index < -0.39 is 16.8 Å². The molecule has 220 valence electrons. The zero-order chi connectivity index (χ0) is 30.5. The largest absolute Gasteiger partial charge is 0.497 e. The number of nitro benzene ring substituents is 1. The van der Waals surface area contributed by atoms with Crippen molar-refractivity contribution in [1.29, 1.82) is 0 Å². The number of anilines is 2. The first-order chi connectivity index (χ1) is 20.8. The van der Waals surface area contributed by atoms with Gasteiger partial charge in [0.2, 0.25) is 0 Å². The SMILES string of the molecule is COC(=O)c1ccc(N2CCN(C(=O)c3ccccc3)CC2)c(NC(=O)c2ccc(-c3ccc(OC)cc3[N+](=O)[O-])o2)c1. The fourth-order valence-corrected chi connectivity index (χ4v) is 4.86. The summed E-state index contributed by atoms with van der Waals surface area (Å²) in [5.74, 6) is -0.908. The third-order valence-corrected chi connectivity index (χ3v) is 7.09. The van der Waals surface area contributed by atoms with E-state index in [1.165, 1.54) is 44.6 Å². The monoisotopic (exact) mass is 584 g/mol. The number of hydrogen-bond donors (Lipinski definition) is 1. The van der Waals surface area contributed by atoms with Crippen molar-refractivity contribution in [2.24, 2.45) is 0 Å². The first-order valence-electron chi connectivity index (χ1n) is 13.3. The second-order valence-corrected chi connectivity index (χ2v) is 9.63. The molecule has 12 nitrogen and oxygen atoms in total. The van der Waals surface area contributed by atoms with E-state index in [0.717, 1.165) is 0 Å². The molecule has 2 heterocycles. The van der Waals surface area contributed by atoms with Gasteiger partial charge in [0, 0.05) is 31.7 Å². The maximum Gasteiger partial charge on any atom is 0.337 e. The van der Waals surface area contributed by atoms with Crippen LogP contribution in [-0.2, 0) is 4.74 Å². The van der Waals surface area contributed by atoms with E-state index >= 15 is 0 Å². The standard InChI is InChI=1S/C31H28N4O8/c1-41-22-9-10-23(26(19-22)35(39)40)27-12-13-28(43-27)29(36)32-24-18-21(31(38)42-2)8-11-25(24)33-14-16-34(17-15-33)30(37)20-6-4-3-5-7-20/h3-13,18-19H,14-17H2,1-2H3,(H,32,36). The summed E-state index contributed by atoms with van der Waals surface area (Å²) in [6, 6.07) is 21.1. The van der Waals surface area contributed by atoms with Gasteiger partial charge in [0.05, 0.1) is 47.7 Å². The summed E-state index contributed by atoms with van der Waals surface area (Å²) in [7, 11) is 2.67. The molecule has 0 radical (unpaired) electrons. The lowest BCUT2D eigenvalue weighted by Gasteiger charge is -2.37. The number of methoxy groups -OCH3 is 2. The van der Waals surface area contributed by atoms with Crippen LogP contribution in [0.5, 0.6) is 5.75 Å². The lowest BCUT2D eigenvalue weighted by molar-refractivity contribution is -0.384. The van der Waals surface area contributed by atoms with Crippen LogP contribution in [0.15, 0.2) is 83.3 Å². The van der Waals surface area contributed by atoms with Gasteiger partial charge in [-0.25, -0.2) is 4.79 Å². The topological polar surface area (TPSA) is 144 Å². The summed E-state index contributed by atoms with van der Waals surface area (Å²) < 4.78 is 15.7. The molecule has 0 atom stereocenters. The Morgan fingerprint density at radius 1 is 0.884 bits per heavy atom. The molecule has 1 N–H and O–H groups in total. The van der Waals surface area contributed by atoms with Gasteiger partial charge < -0.3 is 29.0 Å². The van der Waals surface area contributed by atoms with Crippen LogP contribution < -0.4 is 15.0 Å². The molecule has 3 aromatic carbocycles. The molecule has 1 aliphatic rings. The summed E-state index contributed by atoms with van der Waals surface area (Å²) in [6.07, 6.45) is 0. The Morgan fingerprint density at radius 3 is 2.30 bits per heavy atom. The predicted octanol–water partition coefficient (Wildman–Crippen LogP) is 4.86. The molecule has 1 saturated heterocycles. The van der Waals surface area contributed by atoms with Crippen molar-refractivity contribution in [2.45, 2.75) is 0 Å². The Bertz CT molecular complexity index is 1680. The molecule has 1 aromatic heterocycles. The van der Waals surface area contributed by atoms with Crippen LogP contribution in [0.4, 0.5) is 17.1 Å². The lowest BCUT2D eigenvalue weighted by Crippen LogP contribution is -2.49. The molecule has 0 bridgehead atoms. The second-order valence-electron chi connectivity index (χ2n) is 9.63. The molecular formula is C31H28N4O8. The summed E-state index contributed by atoms with van der Waals surface area (Å²) in [6.45, 7) is 1.90. The molecule has 12 heteroatoms. The number of carbonyl (C=O) groups excluding carboxylic acids is 3.